The molecule has 0 aliphatic rings. The van der Waals surface area contributed by atoms with Gasteiger partial charge in [0.05, 0.1) is 5.52 Å². The van der Waals surface area contributed by atoms with Gasteiger partial charge in [-0.15, -0.1) is 0 Å². The summed E-state index contributed by atoms with van der Waals surface area (Å²) < 4.78 is 21.4. The van der Waals surface area contributed by atoms with Gasteiger partial charge >= 0.3 is 130 Å². The Bertz CT molecular complexity index is 1380. The monoisotopic (exact) mass is 552 g/mol. The average molecular weight is 552 g/mol. The third-order valence-electron chi connectivity index (χ3n) is 4.96. The van der Waals surface area contributed by atoms with Crippen molar-refractivity contribution in [2.45, 2.75) is 19.8 Å². The Morgan fingerprint density at radius 2 is 1.64 bits per heavy atom. The molecule has 1 aromatic heterocycles. The van der Waals surface area contributed by atoms with Crippen LogP contribution in [0.5, 0.6) is 0 Å². The van der Waals surface area contributed by atoms with Crippen LogP contribution in [0, 0.1) is 0 Å². The Hall–Kier alpha value is -3.75. The zero-order chi connectivity index (χ0) is 26.0. The first-order valence-corrected chi connectivity index (χ1v) is 14.1. The van der Waals surface area contributed by atoms with Crippen molar-refractivity contribution in [1.29, 1.82) is 0 Å². The molecule has 0 bridgehead atoms. The fourth-order valence-electron chi connectivity index (χ4n) is 3.23. The summed E-state index contributed by atoms with van der Waals surface area (Å²) in [6, 6.07) is 25.8. The molecule has 3 N–H and O–H groups in total. The fourth-order valence-corrected chi connectivity index (χ4v) is 5.43. The smallest absolute Gasteiger partial charge is 0.303 e. The number of hydroxylamine groups is 1. The van der Waals surface area contributed by atoms with Gasteiger partial charge in [0.25, 0.3) is 0 Å². The van der Waals surface area contributed by atoms with Crippen LogP contribution in [-0.2, 0) is 27.5 Å². The molecule has 4 aromatic rings. The molecule has 0 spiro atoms. The molecule has 0 saturated carbocycles. The standard InChI is InChI=1S/C14H14AsNO5.C12H11NO2/c1-11(17)16-20-15(18,21-19)14-9-5-8-13(10-14)12-6-3-2-4-7-12;14-12(15)6-5-9-7-10-3-1-2-4-11(10)13-8-9/h2-10,19H,1H3,(H,16,17);1-4,7-8H,5-6H2,(H,14,15). The van der Waals surface area contributed by atoms with Crippen LogP contribution in [0.15, 0.2) is 91.1 Å². The summed E-state index contributed by atoms with van der Waals surface area (Å²) in [4.78, 5) is 25.5. The molecule has 9 nitrogen and oxygen atoms in total. The second-order valence-electron chi connectivity index (χ2n) is 7.68. The van der Waals surface area contributed by atoms with E-state index < -0.39 is 26.0 Å². The van der Waals surface area contributed by atoms with Gasteiger partial charge in [0, 0.05) is 18.0 Å². The van der Waals surface area contributed by atoms with E-state index in [2.05, 4.69) is 8.86 Å². The van der Waals surface area contributed by atoms with Crippen molar-refractivity contribution in [2.24, 2.45) is 0 Å². The Morgan fingerprint density at radius 1 is 0.944 bits per heavy atom. The number of aliphatic carboxylic acids is 1. The van der Waals surface area contributed by atoms with Crippen LogP contribution in [0.3, 0.4) is 0 Å². The van der Waals surface area contributed by atoms with Gasteiger partial charge in [0.1, 0.15) is 0 Å². The number of rotatable bonds is 8. The van der Waals surface area contributed by atoms with E-state index in [4.69, 9.17) is 14.2 Å². The van der Waals surface area contributed by atoms with Crippen molar-refractivity contribution in [3.63, 3.8) is 0 Å². The number of aryl methyl sites for hydroxylation is 1. The van der Waals surface area contributed by atoms with E-state index in [1.54, 1.807) is 18.3 Å². The number of carbonyl (C=O) groups excluding carboxylic acids is 1. The number of pyridine rings is 1. The maximum atomic E-state index is 12.4. The fraction of sp³-hybridized carbons (Fsp3) is 0.115. The third kappa shape index (κ3) is 7.63. The maximum absolute atomic E-state index is 12.4. The first-order valence-electron chi connectivity index (χ1n) is 10.9. The van der Waals surface area contributed by atoms with E-state index in [9.17, 15) is 13.3 Å². The number of para-hydroxylation sites is 1. The average Bonchev–Trinajstić information content (AvgIpc) is 2.91. The topological polar surface area (TPSA) is 135 Å². The van der Waals surface area contributed by atoms with Crippen LogP contribution in [0.2, 0.25) is 0 Å². The number of carboxylic acid groups (broad SMARTS) is 1. The quantitative estimate of drug-likeness (QED) is 0.171. The second-order valence-corrected chi connectivity index (χ2v) is 11.6. The summed E-state index contributed by atoms with van der Waals surface area (Å²) in [7, 11) is 0. The zero-order valence-electron chi connectivity index (χ0n) is 19.4. The van der Waals surface area contributed by atoms with Gasteiger partial charge in [-0.25, -0.2) is 0 Å². The van der Waals surface area contributed by atoms with E-state index in [0.29, 0.717) is 6.42 Å². The number of hydrogen-bond donors (Lipinski definition) is 3. The number of amides is 1. The van der Waals surface area contributed by atoms with Crippen LogP contribution in [-0.4, -0.2) is 41.4 Å². The van der Waals surface area contributed by atoms with E-state index in [-0.39, 0.29) is 10.8 Å². The van der Waals surface area contributed by atoms with Gasteiger partial charge < -0.3 is 5.11 Å². The molecule has 0 aliphatic heterocycles. The number of fused-ring (bicyclic) bond motifs is 1. The Labute approximate surface area is 210 Å². The molecular weight excluding hydrogens is 527 g/mol. The SMILES string of the molecule is CC(=O)NO[As](=O)(OO)c1cccc(-c2ccccc2)c1.O=C(O)CCc1cnc2ccccc2c1. The van der Waals surface area contributed by atoms with Gasteiger partial charge in [0.2, 0.25) is 0 Å². The van der Waals surface area contributed by atoms with Gasteiger partial charge in [0.15, 0.2) is 0 Å². The minimum atomic E-state index is -4.74. The predicted octanol–water partition coefficient (Wildman–Crippen LogP) is 3.74. The molecule has 1 heterocycles. The summed E-state index contributed by atoms with van der Waals surface area (Å²) in [5, 5.41) is 18.5. The van der Waals surface area contributed by atoms with Gasteiger partial charge in [-0.05, 0) is 24.1 Å². The molecule has 10 heteroatoms. The number of nitrogens with one attached hydrogen (secondary N) is 1. The Kier molecular flexibility index (Phi) is 9.55. The van der Waals surface area contributed by atoms with Crippen LogP contribution < -0.4 is 9.83 Å². The number of carboxylic acids is 1. The molecule has 1 unspecified atom stereocenters. The molecule has 3 aromatic carbocycles. The van der Waals surface area contributed by atoms with Crippen molar-refractivity contribution >= 4 is 41.3 Å². The van der Waals surface area contributed by atoms with Gasteiger partial charge in [-0.2, -0.15) is 0 Å². The largest absolute Gasteiger partial charge is 0.481 e. The maximum Gasteiger partial charge on any atom is 0.303 e. The molecule has 36 heavy (non-hydrogen) atoms. The molecule has 0 radical (unpaired) electrons. The Balaban J connectivity index is 0.000000212. The van der Waals surface area contributed by atoms with Crippen LogP contribution in [0.25, 0.3) is 22.0 Å². The van der Waals surface area contributed by atoms with Crippen molar-refractivity contribution in [3.05, 3.63) is 96.7 Å². The van der Waals surface area contributed by atoms with Crippen molar-refractivity contribution in [1.82, 2.24) is 10.5 Å². The molecule has 1 amide bonds. The first kappa shape index (κ1) is 26.8. The Morgan fingerprint density at radius 3 is 2.33 bits per heavy atom. The number of benzene rings is 3. The van der Waals surface area contributed by atoms with E-state index in [0.717, 1.165) is 27.6 Å². The van der Waals surface area contributed by atoms with Gasteiger partial charge in [-0.3, -0.25) is 9.78 Å². The normalized spacial score (nSPS) is 12.2. The first-order chi connectivity index (χ1) is 17.3. The summed E-state index contributed by atoms with van der Waals surface area (Å²) in [6.07, 6.45) is 2.43. The number of nitrogens with zero attached hydrogens (tertiary/aromatic N) is 1. The van der Waals surface area contributed by atoms with Crippen LogP contribution >= 0.6 is 0 Å². The van der Waals surface area contributed by atoms with E-state index in [1.807, 2.05) is 72.2 Å². The second kappa shape index (κ2) is 12.8. The summed E-state index contributed by atoms with van der Waals surface area (Å²) in [5.74, 6) is -1.32. The zero-order valence-corrected chi connectivity index (χ0v) is 21.3. The van der Waals surface area contributed by atoms with Crippen molar-refractivity contribution in [3.8, 4) is 11.1 Å². The minimum Gasteiger partial charge on any atom is -0.481 e. The molecule has 4 rings (SSSR count). The number of hydrogen-bond acceptors (Lipinski definition) is 7. The van der Waals surface area contributed by atoms with Gasteiger partial charge in [-0.1, -0.05) is 18.2 Å². The summed E-state index contributed by atoms with van der Waals surface area (Å²) >= 11 is -4.74. The molecule has 0 fully saturated rings. The predicted molar refractivity (Wildman–Crippen MR) is 134 cm³/mol. The van der Waals surface area contributed by atoms with Crippen molar-refractivity contribution < 1.29 is 31.4 Å². The number of carbonyl (C=O) groups is 2. The van der Waals surface area contributed by atoms with Crippen LogP contribution in [0.1, 0.15) is 18.9 Å². The molecule has 0 saturated heterocycles. The molecule has 186 valence electrons. The minimum absolute atomic E-state index is 0.153. The summed E-state index contributed by atoms with van der Waals surface area (Å²) in [6.45, 7) is 1.19. The molecule has 1 atom stereocenters. The summed E-state index contributed by atoms with van der Waals surface area (Å²) in [5.41, 5.74) is 5.55. The number of aromatic nitrogens is 1. The van der Waals surface area contributed by atoms with E-state index in [1.165, 1.54) is 13.0 Å². The molecular formula is C26H25AsN2O7. The molecule has 0 aliphatic carbocycles. The third-order valence-corrected chi connectivity index (χ3v) is 8.02. The van der Waals surface area contributed by atoms with Crippen LogP contribution in [0.4, 0.5) is 0 Å². The van der Waals surface area contributed by atoms with E-state index >= 15 is 0 Å². The van der Waals surface area contributed by atoms with Crippen molar-refractivity contribution in [2.75, 3.05) is 0 Å².